The predicted octanol–water partition coefficient (Wildman–Crippen LogP) is 0.646. The molecule has 2 amide bonds. The maximum Gasteiger partial charge on any atom is 0.253 e. The number of nitrogens with zero attached hydrogens (tertiary/aromatic N) is 1. The van der Waals surface area contributed by atoms with Gasteiger partial charge in [-0.3, -0.25) is 9.59 Å². The number of carbonyl (C=O) groups is 2. The normalized spacial score (nSPS) is 13.9. The summed E-state index contributed by atoms with van der Waals surface area (Å²) in [5, 5.41) is 5.97. The van der Waals surface area contributed by atoms with Crippen LogP contribution in [0.1, 0.15) is 15.9 Å². The summed E-state index contributed by atoms with van der Waals surface area (Å²) in [6.07, 6.45) is 0. The van der Waals surface area contributed by atoms with Gasteiger partial charge in [0, 0.05) is 39.3 Å². The summed E-state index contributed by atoms with van der Waals surface area (Å²) in [5.74, 6) is 0.179. The predicted molar refractivity (Wildman–Crippen MR) is 79.9 cm³/mol. The summed E-state index contributed by atoms with van der Waals surface area (Å²) in [6, 6.07) is 7.32. The van der Waals surface area contributed by atoms with Crippen LogP contribution in [-0.4, -0.2) is 43.9 Å². The van der Waals surface area contributed by atoms with E-state index in [0.717, 1.165) is 18.7 Å². The average Bonchev–Trinajstić information content (AvgIpc) is 2.34. The van der Waals surface area contributed by atoms with Crippen molar-refractivity contribution in [3.05, 3.63) is 35.4 Å². The second-order valence-electron chi connectivity index (χ2n) is 4.97. The first kappa shape index (κ1) is 16.5. The fraction of sp³-hybridized carbons (Fsp3) is 0.429. The van der Waals surface area contributed by atoms with Gasteiger partial charge in [0.1, 0.15) is 0 Å². The lowest BCUT2D eigenvalue weighted by Gasteiger charge is -2.25. The third-order valence-electron chi connectivity index (χ3n) is 3.23. The summed E-state index contributed by atoms with van der Waals surface area (Å²) in [6.45, 7) is 2.04. The van der Waals surface area contributed by atoms with E-state index in [0.29, 0.717) is 12.1 Å². The summed E-state index contributed by atoms with van der Waals surface area (Å²) >= 11 is 0. The van der Waals surface area contributed by atoms with Crippen LogP contribution in [0.25, 0.3) is 0 Å². The van der Waals surface area contributed by atoms with Crippen molar-refractivity contribution in [2.75, 3.05) is 27.2 Å². The van der Waals surface area contributed by atoms with Crippen molar-refractivity contribution in [1.29, 1.82) is 0 Å². The molecule has 1 aromatic carbocycles. The minimum absolute atomic E-state index is 0. The summed E-state index contributed by atoms with van der Waals surface area (Å²) in [4.78, 5) is 24.9. The molecule has 1 heterocycles. The number of amides is 2. The molecule has 2 N–H and O–H groups in total. The molecule has 1 saturated heterocycles. The van der Waals surface area contributed by atoms with Crippen LogP contribution in [0.15, 0.2) is 24.3 Å². The summed E-state index contributed by atoms with van der Waals surface area (Å²) in [7, 11) is 3.45. The quantitative estimate of drug-likeness (QED) is 0.858. The SMILES string of the molecule is CN(C)C(=O)c1ccc(CNC(=O)C2CNC2)cc1.Cl. The molecular formula is C14H20ClN3O2. The van der Waals surface area contributed by atoms with E-state index in [1.807, 2.05) is 12.1 Å². The van der Waals surface area contributed by atoms with E-state index < -0.39 is 0 Å². The minimum Gasteiger partial charge on any atom is -0.352 e. The highest BCUT2D eigenvalue weighted by molar-refractivity contribution is 5.93. The second-order valence-corrected chi connectivity index (χ2v) is 4.97. The zero-order chi connectivity index (χ0) is 13.8. The van der Waals surface area contributed by atoms with E-state index in [1.165, 1.54) is 0 Å². The molecule has 1 aliphatic heterocycles. The fourth-order valence-electron chi connectivity index (χ4n) is 1.83. The van der Waals surface area contributed by atoms with Crippen LogP contribution in [0.4, 0.5) is 0 Å². The number of rotatable bonds is 4. The standard InChI is InChI=1S/C14H19N3O2.ClH/c1-17(2)14(19)11-5-3-10(4-6-11)7-16-13(18)12-8-15-9-12;/h3-6,12,15H,7-9H2,1-2H3,(H,16,18);1H. The lowest BCUT2D eigenvalue weighted by molar-refractivity contribution is -0.126. The molecule has 0 bridgehead atoms. The van der Waals surface area contributed by atoms with Crippen LogP contribution >= 0.6 is 12.4 Å². The Morgan fingerprint density at radius 1 is 1.25 bits per heavy atom. The van der Waals surface area contributed by atoms with Gasteiger partial charge in [-0.25, -0.2) is 0 Å². The van der Waals surface area contributed by atoms with Crippen LogP contribution < -0.4 is 10.6 Å². The van der Waals surface area contributed by atoms with Crippen LogP contribution in [0.2, 0.25) is 0 Å². The number of nitrogens with one attached hydrogen (secondary N) is 2. The Balaban J connectivity index is 0.00000200. The largest absolute Gasteiger partial charge is 0.352 e. The number of carbonyl (C=O) groups excluding carboxylic acids is 2. The molecule has 0 radical (unpaired) electrons. The molecule has 5 nitrogen and oxygen atoms in total. The topological polar surface area (TPSA) is 61.4 Å². The smallest absolute Gasteiger partial charge is 0.253 e. The van der Waals surface area contributed by atoms with Crippen molar-refractivity contribution in [2.45, 2.75) is 6.54 Å². The number of halogens is 1. The lowest BCUT2D eigenvalue weighted by atomic mass is 10.0. The minimum atomic E-state index is -0.0175. The Morgan fingerprint density at radius 3 is 2.30 bits per heavy atom. The molecule has 0 atom stereocenters. The zero-order valence-electron chi connectivity index (χ0n) is 11.7. The molecule has 0 saturated carbocycles. The first-order chi connectivity index (χ1) is 9.08. The van der Waals surface area contributed by atoms with Crippen molar-refractivity contribution in [3.63, 3.8) is 0 Å². The Morgan fingerprint density at radius 2 is 1.85 bits per heavy atom. The third-order valence-corrected chi connectivity index (χ3v) is 3.23. The van der Waals surface area contributed by atoms with Gasteiger partial charge in [0.25, 0.3) is 5.91 Å². The molecule has 1 fully saturated rings. The summed E-state index contributed by atoms with van der Waals surface area (Å²) < 4.78 is 0. The van der Waals surface area contributed by atoms with Crippen molar-refractivity contribution in [2.24, 2.45) is 5.92 Å². The van der Waals surface area contributed by atoms with Gasteiger partial charge in [-0.05, 0) is 17.7 Å². The van der Waals surface area contributed by atoms with Gasteiger partial charge in [0.2, 0.25) is 5.91 Å². The van der Waals surface area contributed by atoms with E-state index in [2.05, 4.69) is 10.6 Å². The van der Waals surface area contributed by atoms with Crippen LogP contribution in [0.5, 0.6) is 0 Å². The van der Waals surface area contributed by atoms with Gasteiger partial charge in [0.15, 0.2) is 0 Å². The van der Waals surface area contributed by atoms with Crippen molar-refractivity contribution in [3.8, 4) is 0 Å². The van der Waals surface area contributed by atoms with E-state index in [-0.39, 0.29) is 30.1 Å². The highest BCUT2D eigenvalue weighted by atomic mass is 35.5. The van der Waals surface area contributed by atoms with E-state index in [4.69, 9.17) is 0 Å². The number of hydrogen-bond donors (Lipinski definition) is 2. The fourth-order valence-corrected chi connectivity index (χ4v) is 1.83. The third kappa shape index (κ3) is 3.95. The maximum atomic E-state index is 11.7. The molecule has 20 heavy (non-hydrogen) atoms. The van der Waals surface area contributed by atoms with Gasteiger partial charge in [0.05, 0.1) is 5.92 Å². The molecule has 0 unspecified atom stereocenters. The monoisotopic (exact) mass is 297 g/mol. The zero-order valence-corrected chi connectivity index (χ0v) is 12.5. The van der Waals surface area contributed by atoms with Crippen LogP contribution in [0, 0.1) is 5.92 Å². The van der Waals surface area contributed by atoms with Gasteiger partial charge >= 0.3 is 0 Å². The van der Waals surface area contributed by atoms with Crippen molar-refractivity contribution >= 4 is 24.2 Å². The molecule has 0 spiro atoms. The van der Waals surface area contributed by atoms with Crippen LogP contribution in [0.3, 0.4) is 0 Å². The van der Waals surface area contributed by atoms with E-state index in [9.17, 15) is 9.59 Å². The summed E-state index contributed by atoms with van der Waals surface area (Å²) in [5.41, 5.74) is 1.65. The van der Waals surface area contributed by atoms with Crippen LogP contribution in [-0.2, 0) is 11.3 Å². The molecule has 2 rings (SSSR count). The lowest BCUT2D eigenvalue weighted by Crippen LogP contribution is -2.50. The highest BCUT2D eigenvalue weighted by Gasteiger charge is 2.24. The van der Waals surface area contributed by atoms with Crippen molar-refractivity contribution < 1.29 is 9.59 Å². The molecule has 1 aromatic rings. The molecular weight excluding hydrogens is 278 g/mol. The second kappa shape index (κ2) is 7.26. The molecule has 0 aromatic heterocycles. The number of benzene rings is 1. The van der Waals surface area contributed by atoms with Crippen molar-refractivity contribution in [1.82, 2.24) is 15.5 Å². The Kier molecular flexibility index (Phi) is 5.98. The Bertz CT molecular complexity index is 470. The maximum absolute atomic E-state index is 11.7. The van der Waals surface area contributed by atoms with Gasteiger partial charge in [-0.2, -0.15) is 0 Å². The first-order valence-corrected chi connectivity index (χ1v) is 6.37. The Hall–Kier alpha value is -1.59. The molecule has 1 aliphatic rings. The highest BCUT2D eigenvalue weighted by Crippen LogP contribution is 2.07. The number of hydrogen-bond acceptors (Lipinski definition) is 3. The first-order valence-electron chi connectivity index (χ1n) is 6.37. The van der Waals surface area contributed by atoms with E-state index >= 15 is 0 Å². The van der Waals surface area contributed by atoms with Gasteiger partial charge < -0.3 is 15.5 Å². The molecule has 6 heteroatoms. The average molecular weight is 298 g/mol. The van der Waals surface area contributed by atoms with E-state index in [1.54, 1.807) is 31.1 Å². The van der Waals surface area contributed by atoms with Gasteiger partial charge in [-0.1, -0.05) is 12.1 Å². The molecule has 0 aliphatic carbocycles. The molecule has 110 valence electrons. The Labute approximate surface area is 125 Å². The van der Waals surface area contributed by atoms with Gasteiger partial charge in [-0.15, -0.1) is 12.4 Å².